The third kappa shape index (κ3) is 6.73. The molecule has 1 aliphatic heterocycles. The molecule has 1 fully saturated rings. The Hall–Kier alpha value is -3.55. The third-order valence-electron chi connectivity index (χ3n) is 6.08. The van der Waals surface area contributed by atoms with Gasteiger partial charge in [-0.15, -0.1) is 0 Å². The van der Waals surface area contributed by atoms with Crippen LogP contribution in [0, 0.1) is 0 Å². The molecule has 1 aliphatic rings. The summed E-state index contributed by atoms with van der Waals surface area (Å²) in [7, 11) is 1.58. The van der Waals surface area contributed by atoms with Crippen molar-refractivity contribution < 1.29 is 19.1 Å². The molecule has 0 bridgehead atoms. The summed E-state index contributed by atoms with van der Waals surface area (Å²) in [6.45, 7) is 4.54. The van der Waals surface area contributed by atoms with E-state index in [1.165, 1.54) is 6.92 Å². The predicted molar refractivity (Wildman–Crippen MR) is 132 cm³/mol. The van der Waals surface area contributed by atoms with E-state index in [1.807, 2.05) is 48.5 Å². The minimum atomic E-state index is -0.708. The van der Waals surface area contributed by atoms with Crippen molar-refractivity contribution in [2.24, 2.45) is 0 Å². The van der Waals surface area contributed by atoms with Crippen molar-refractivity contribution in [3.8, 4) is 5.75 Å². The van der Waals surface area contributed by atoms with Gasteiger partial charge in [0.2, 0.25) is 11.8 Å². The van der Waals surface area contributed by atoms with Gasteiger partial charge in [0.25, 0.3) is 0 Å². The molecule has 0 aromatic heterocycles. The highest BCUT2D eigenvalue weighted by Gasteiger charge is 2.28. The van der Waals surface area contributed by atoms with E-state index in [4.69, 9.17) is 4.74 Å². The maximum absolute atomic E-state index is 13.0. The first kappa shape index (κ1) is 25.1. The van der Waals surface area contributed by atoms with Gasteiger partial charge < -0.3 is 25.6 Å². The first-order chi connectivity index (χ1) is 16.4. The van der Waals surface area contributed by atoms with Crippen LogP contribution >= 0.6 is 0 Å². The topological polar surface area (TPSA) is 99.8 Å². The van der Waals surface area contributed by atoms with Gasteiger partial charge in [-0.1, -0.05) is 43.3 Å². The Labute approximate surface area is 201 Å². The monoisotopic (exact) mass is 466 g/mol. The fraction of sp³-hybridized carbons (Fsp3) is 0.423. The summed E-state index contributed by atoms with van der Waals surface area (Å²) < 4.78 is 5.38. The van der Waals surface area contributed by atoms with Crippen LogP contribution in [0.25, 0.3) is 0 Å². The molecule has 34 heavy (non-hydrogen) atoms. The van der Waals surface area contributed by atoms with Crippen molar-refractivity contribution in [1.82, 2.24) is 15.5 Å². The standard InChI is InChI=1S/C26H34N4O4/c1-4-19-9-5-7-11-22(19)29-26(33)30-15-13-21(14-16-30)28-25(32)23(27-18(2)31)17-20-10-6-8-12-24(20)34-3/h5-12,21,23H,4,13-17H2,1-3H3,(H,27,31)(H,28,32)(H,29,33)/t23-/m0/s1. The predicted octanol–water partition coefficient (Wildman–Crippen LogP) is 3.12. The number of urea groups is 1. The van der Waals surface area contributed by atoms with Gasteiger partial charge in [0.05, 0.1) is 7.11 Å². The number of nitrogens with one attached hydrogen (secondary N) is 3. The van der Waals surface area contributed by atoms with Crippen LogP contribution in [0.3, 0.4) is 0 Å². The molecule has 1 heterocycles. The second-order valence-corrected chi connectivity index (χ2v) is 8.48. The summed E-state index contributed by atoms with van der Waals surface area (Å²) in [4.78, 5) is 39.3. The molecular weight excluding hydrogens is 432 g/mol. The first-order valence-electron chi connectivity index (χ1n) is 11.7. The van der Waals surface area contributed by atoms with Crippen molar-refractivity contribution >= 4 is 23.5 Å². The average Bonchev–Trinajstić information content (AvgIpc) is 2.84. The summed E-state index contributed by atoms with van der Waals surface area (Å²) >= 11 is 0. The second-order valence-electron chi connectivity index (χ2n) is 8.48. The number of anilines is 1. The molecule has 0 radical (unpaired) electrons. The second kappa shape index (κ2) is 12.1. The summed E-state index contributed by atoms with van der Waals surface area (Å²) in [5.41, 5.74) is 2.77. The maximum Gasteiger partial charge on any atom is 0.321 e. The molecular formula is C26H34N4O4. The molecule has 3 N–H and O–H groups in total. The van der Waals surface area contributed by atoms with Crippen LogP contribution in [-0.2, 0) is 22.4 Å². The van der Waals surface area contributed by atoms with Gasteiger partial charge in [-0.25, -0.2) is 4.79 Å². The number of ether oxygens (including phenoxy) is 1. The minimum absolute atomic E-state index is 0.0617. The zero-order valence-corrected chi connectivity index (χ0v) is 20.1. The van der Waals surface area contributed by atoms with Crippen LogP contribution in [0.2, 0.25) is 0 Å². The molecule has 1 atom stereocenters. The highest BCUT2D eigenvalue weighted by molar-refractivity contribution is 5.90. The number of nitrogens with zero attached hydrogens (tertiary/aromatic N) is 1. The van der Waals surface area contributed by atoms with Crippen molar-refractivity contribution in [2.45, 2.75) is 51.6 Å². The maximum atomic E-state index is 13.0. The molecule has 4 amide bonds. The highest BCUT2D eigenvalue weighted by atomic mass is 16.5. The Morgan fingerprint density at radius 2 is 1.68 bits per heavy atom. The number of hydrogen-bond donors (Lipinski definition) is 3. The average molecular weight is 467 g/mol. The molecule has 8 nitrogen and oxygen atoms in total. The summed E-state index contributed by atoms with van der Waals surface area (Å²) in [6.07, 6.45) is 2.47. The molecule has 182 valence electrons. The zero-order chi connectivity index (χ0) is 24.5. The molecule has 8 heteroatoms. The van der Waals surface area contributed by atoms with Gasteiger partial charge in [0, 0.05) is 38.2 Å². The van der Waals surface area contributed by atoms with E-state index in [0.717, 1.165) is 23.2 Å². The number of likely N-dealkylation sites (tertiary alicyclic amines) is 1. The van der Waals surface area contributed by atoms with Gasteiger partial charge in [0.1, 0.15) is 11.8 Å². The molecule has 0 spiro atoms. The van der Waals surface area contributed by atoms with Gasteiger partial charge in [-0.2, -0.15) is 0 Å². The molecule has 2 aromatic carbocycles. The number of amides is 4. The molecule has 0 unspecified atom stereocenters. The van der Waals surface area contributed by atoms with E-state index in [2.05, 4.69) is 22.9 Å². The van der Waals surface area contributed by atoms with E-state index < -0.39 is 6.04 Å². The van der Waals surface area contributed by atoms with Crippen LogP contribution < -0.4 is 20.7 Å². The number of aryl methyl sites for hydroxylation is 1. The molecule has 2 aromatic rings. The SMILES string of the molecule is CCc1ccccc1NC(=O)N1CCC(NC(=O)[C@H](Cc2ccccc2OC)NC(C)=O)CC1. The van der Waals surface area contributed by atoms with Crippen LogP contribution in [0.4, 0.5) is 10.5 Å². The van der Waals surface area contributed by atoms with Crippen LogP contribution in [-0.4, -0.2) is 55.0 Å². The molecule has 0 saturated carbocycles. The zero-order valence-electron chi connectivity index (χ0n) is 20.1. The van der Waals surface area contributed by atoms with Crippen molar-refractivity contribution in [1.29, 1.82) is 0 Å². The van der Waals surface area contributed by atoms with Crippen molar-refractivity contribution in [2.75, 3.05) is 25.5 Å². The number of carbonyl (C=O) groups excluding carboxylic acids is 3. The summed E-state index contributed by atoms with van der Waals surface area (Å²) in [5.74, 6) is 0.171. The van der Waals surface area contributed by atoms with E-state index in [-0.39, 0.29) is 23.9 Å². The quantitative estimate of drug-likeness (QED) is 0.557. The largest absolute Gasteiger partial charge is 0.496 e. The van der Waals surface area contributed by atoms with Gasteiger partial charge in [-0.05, 0) is 42.5 Å². The highest BCUT2D eigenvalue weighted by Crippen LogP contribution is 2.20. The molecule has 0 aliphatic carbocycles. The normalized spacial score (nSPS) is 14.7. The van der Waals surface area contributed by atoms with E-state index in [9.17, 15) is 14.4 Å². The van der Waals surface area contributed by atoms with Crippen molar-refractivity contribution in [3.05, 3.63) is 59.7 Å². The van der Waals surface area contributed by atoms with Crippen LogP contribution in [0.1, 0.15) is 37.8 Å². The Morgan fingerprint density at radius 3 is 2.32 bits per heavy atom. The lowest BCUT2D eigenvalue weighted by Gasteiger charge is -2.33. The Bertz CT molecular complexity index is 1000. The number of carbonyl (C=O) groups is 3. The number of methoxy groups -OCH3 is 1. The van der Waals surface area contributed by atoms with E-state index in [0.29, 0.717) is 38.1 Å². The number of benzene rings is 2. The Morgan fingerprint density at radius 1 is 1.03 bits per heavy atom. The molecule has 1 saturated heterocycles. The number of para-hydroxylation sites is 2. The summed E-state index contributed by atoms with van der Waals surface area (Å²) in [5, 5.41) is 8.81. The number of rotatable bonds is 8. The summed E-state index contributed by atoms with van der Waals surface area (Å²) in [6, 6.07) is 14.3. The number of piperidine rings is 1. The fourth-order valence-electron chi connectivity index (χ4n) is 4.22. The van der Waals surface area contributed by atoms with Crippen molar-refractivity contribution in [3.63, 3.8) is 0 Å². The van der Waals surface area contributed by atoms with E-state index in [1.54, 1.807) is 12.0 Å². The first-order valence-corrected chi connectivity index (χ1v) is 11.7. The Balaban J connectivity index is 1.55. The van der Waals surface area contributed by atoms with Crippen LogP contribution in [0.5, 0.6) is 5.75 Å². The Kier molecular flexibility index (Phi) is 8.90. The lowest BCUT2D eigenvalue weighted by atomic mass is 10.0. The minimum Gasteiger partial charge on any atom is -0.496 e. The lowest BCUT2D eigenvalue weighted by Crippen LogP contribution is -2.53. The lowest BCUT2D eigenvalue weighted by molar-refractivity contribution is -0.128. The fourth-order valence-corrected chi connectivity index (χ4v) is 4.22. The van der Waals surface area contributed by atoms with Gasteiger partial charge >= 0.3 is 6.03 Å². The smallest absolute Gasteiger partial charge is 0.321 e. The number of hydrogen-bond acceptors (Lipinski definition) is 4. The third-order valence-corrected chi connectivity index (χ3v) is 6.08. The van der Waals surface area contributed by atoms with Gasteiger partial charge in [0.15, 0.2) is 0 Å². The molecule has 3 rings (SSSR count). The van der Waals surface area contributed by atoms with Gasteiger partial charge in [-0.3, -0.25) is 9.59 Å². The van der Waals surface area contributed by atoms with E-state index >= 15 is 0 Å². The van der Waals surface area contributed by atoms with Crippen LogP contribution in [0.15, 0.2) is 48.5 Å².